The lowest BCUT2D eigenvalue weighted by Gasteiger charge is -2.13. The number of carbonyl (C=O) groups is 1. The highest BCUT2D eigenvalue weighted by Gasteiger charge is 2.09. The lowest BCUT2D eigenvalue weighted by Crippen LogP contribution is -2.24. The normalized spacial score (nSPS) is 13.3. The standard InChI is InChI=1S/C6H14O3Si/c1-5(2)8-10(4)9-6(3)7/h5,10H,1-4H3. The van der Waals surface area contributed by atoms with Gasteiger partial charge >= 0.3 is 9.28 Å². The molecule has 0 aromatic heterocycles. The van der Waals surface area contributed by atoms with Gasteiger partial charge in [0.15, 0.2) is 0 Å². The van der Waals surface area contributed by atoms with Gasteiger partial charge < -0.3 is 8.85 Å². The summed E-state index contributed by atoms with van der Waals surface area (Å²) in [6, 6.07) is 0. The molecule has 0 heterocycles. The third kappa shape index (κ3) is 5.78. The van der Waals surface area contributed by atoms with Crippen LogP contribution in [0.25, 0.3) is 0 Å². The molecule has 10 heavy (non-hydrogen) atoms. The van der Waals surface area contributed by atoms with Crippen molar-refractivity contribution in [2.45, 2.75) is 33.4 Å². The highest BCUT2D eigenvalue weighted by molar-refractivity contribution is 6.44. The molecule has 0 radical (unpaired) electrons. The molecule has 3 nitrogen and oxygen atoms in total. The Hall–Kier alpha value is -0.353. The minimum absolute atomic E-state index is 0.154. The molecule has 0 saturated heterocycles. The predicted molar refractivity (Wildman–Crippen MR) is 41.0 cm³/mol. The summed E-state index contributed by atoms with van der Waals surface area (Å²) in [4.78, 5) is 10.4. The molecular formula is C6H14O3Si. The number of carbonyl (C=O) groups excluding carboxylic acids is 1. The molecule has 0 spiro atoms. The predicted octanol–water partition coefficient (Wildman–Crippen LogP) is 0.825. The molecular weight excluding hydrogens is 148 g/mol. The van der Waals surface area contributed by atoms with Gasteiger partial charge in [0.2, 0.25) is 0 Å². The number of rotatable bonds is 3. The molecule has 0 aliphatic rings. The van der Waals surface area contributed by atoms with Gasteiger partial charge in [-0.05, 0) is 20.4 Å². The summed E-state index contributed by atoms with van der Waals surface area (Å²) in [6.07, 6.45) is 0.154. The van der Waals surface area contributed by atoms with E-state index in [1.807, 2.05) is 20.4 Å². The first-order valence-corrected chi connectivity index (χ1v) is 5.44. The van der Waals surface area contributed by atoms with Crippen LogP contribution in [0.15, 0.2) is 0 Å². The van der Waals surface area contributed by atoms with Crippen molar-refractivity contribution in [3.05, 3.63) is 0 Å². The zero-order valence-corrected chi connectivity index (χ0v) is 8.03. The Morgan fingerprint density at radius 2 is 2.00 bits per heavy atom. The third-order valence-electron chi connectivity index (χ3n) is 0.796. The SMILES string of the molecule is CC(=O)O[SiH](C)OC(C)C. The summed E-state index contributed by atoms with van der Waals surface area (Å²) in [5, 5.41) is 0. The monoisotopic (exact) mass is 162 g/mol. The zero-order valence-electron chi connectivity index (χ0n) is 6.88. The smallest absolute Gasteiger partial charge is 0.382 e. The van der Waals surface area contributed by atoms with Gasteiger partial charge in [-0.1, -0.05) is 0 Å². The van der Waals surface area contributed by atoms with Crippen LogP contribution in [-0.2, 0) is 13.6 Å². The highest BCUT2D eigenvalue weighted by Crippen LogP contribution is 1.94. The third-order valence-corrected chi connectivity index (χ3v) is 2.39. The first-order valence-electron chi connectivity index (χ1n) is 3.35. The van der Waals surface area contributed by atoms with E-state index in [9.17, 15) is 4.79 Å². The van der Waals surface area contributed by atoms with Crippen LogP contribution in [0.5, 0.6) is 0 Å². The molecule has 0 fully saturated rings. The fourth-order valence-electron chi connectivity index (χ4n) is 0.645. The Kier molecular flexibility index (Phi) is 4.30. The molecule has 1 atom stereocenters. The molecule has 0 aliphatic carbocycles. The van der Waals surface area contributed by atoms with Gasteiger partial charge in [-0.25, -0.2) is 0 Å². The topological polar surface area (TPSA) is 35.5 Å². The molecule has 0 rings (SSSR count). The summed E-state index contributed by atoms with van der Waals surface area (Å²) in [7, 11) is -1.67. The minimum atomic E-state index is -1.67. The van der Waals surface area contributed by atoms with Crippen LogP contribution in [0.4, 0.5) is 0 Å². The first kappa shape index (κ1) is 9.65. The molecule has 0 saturated carbocycles. The van der Waals surface area contributed by atoms with Crippen molar-refractivity contribution in [1.29, 1.82) is 0 Å². The maximum atomic E-state index is 10.4. The number of hydrogen-bond donors (Lipinski definition) is 0. The average molecular weight is 162 g/mol. The van der Waals surface area contributed by atoms with Gasteiger partial charge in [0.05, 0.1) is 0 Å². The fraction of sp³-hybridized carbons (Fsp3) is 0.833. The Balaban J connectivity index is 3.43. The molecule has 4 heteroatoms. The van der Waals surface area contributed by atoms with E-state index in [4.69, 9.17) is 8.85 Å². The lowest BCUT2D eigenvalue weighted by atomic mass is 10.5. The highest BCUT2D eigenvalue weighted by atomic mass is 28.3. The van der Waals surface area contributed by atoms with Crippen molar-refractivity contribution >= 4 is 15.3 Å². The summed E-state index contributed by atoms with van der Waals surface area (Å²) >= 11 is 0. The largest absolute Gasteiger partial charge is 0.497 e. The Morgan fingerprint density at radius 3 is 2.30 bits per heavy atom. The summed E-state index contributed by atoms with van der Waals surface area (Å²) in [5.41, 5.74) is 0. The summed E-state index contributed by atoms with van der Waals surface area (Å²) < 4.78 is 10.1. The van der Waals surface area contributed by atoms with Crippen molar-refractivity contribution < 1.29 is 13.6 Å². The average Bonchev–Trinajstić information content (AvgIpc) is 1.58. The Labute approximate surface area is 63.2 Å². The van der Waals surface area contributed by atoms with Crippen LogP contribution >= 0.6 is 0 Å². The van der Waals surface area contributed by atoms with Gasteiger partial charge in [0, 0.05) is 13.0 Å². The van der Waals surface area contributed by atoms with E-state index in [-0.39, 0.29) is 12.1 Å². The van der Waals surface area contributed by atoms with Crippen molar-refractivity contribution in [1.82, 2.24) is 0 Å². The second kappa shape index (κ2) is 4.46. The van der Waals surface area contributed by atoms with Gasteiger partial charge in [0.1, 0.15) is 0 Å². The van der Waals surface area contributed by atoms with Crippen molar-refractivity contribution in [2.24, 2.45) is 0 Å². The van der Waals surface area contributed by atoms with E-state index in [0.29, 0.717) is 0 Å². The van der Waals surface area contributed by atoms with Gasteiger partial charge in [-0.2, -0.15) is 0 Å². The maximum Gasteiger partial charge on any atom is 0.382 e. The van der Waals surface area contributed by atoms with Crippen molar-refractivity contribution in [3.63, 3.8) is 0 Å². The van der Waals surface area contributed by atoms with E-state index in [0.717, 1.165) is 0 Å². The molecule has 0 amide bonds. The second-order valence-corrected chi connectivity index (χ2v) is 4.01. The molecule has 0 aromatic carbocycles. The van der Waals surface area contributed by atoms with E-state index in [1.165, 1.54) is 6.92 Å². The summed E-state index contributed by atoms with van der Waals surface area (Å²) in [6.45, 7) is 7.08. The molecule has 1 unspecified atom stereocenters. The Morgan fingerprint density at radius 1 is 1.50 bits per heavy atom. The maximum absolute atomic E-state index is 10.4. The quantitative estimate of drug-likeness (QED) is 0.576. The van der Waals surface area contributed by atoms with Crippen molar-refractivity contribution in [2.75, 3.05) is 0 Å². The fourth-order valence-corrected chi connectivity index (χ4v) is 1.93. The minimum Gasteiger partial charge on any atom is -0.497 e. The first-order chi connectivity index (χ1) is 4.52. The van der Waals surface area contributed by atoms with Crippen LogP contribution < -0.4 is 0 Å². The lowest BCUT2D eigenvalue weighted by molar-refractivity contribution is -0.133. The second-order valence-electron chi connectivity index (χ2n) is 2.36. The van der Waals surface area contributed by atoms with E-state index >= 15 is 0 Å². The van der Waals surface area contributed by atoms with Crippen LogP contribution in [0.2, 0.25) is 6.55 Å². The van der Waals surface area contributed by atoms with Gasteiger partial charge in [0.25, 0.3) is 5.97 Å². The van der Waals surface area contributed by atoms with Gasteiger partial charge in [-0.15, -0.1) is 0 Å². The number of hydrogen-bond acceptors (Lipinski definition) is 3. The van der Waals surface area contributed by atoms with Crippen LogP contribution in [0, 0.1) is 0 Å². The van der Waals surface area contributed by atoms with Crippen molar-refractivity contribution in [3.8, 4) is 0 Å². The van der Waals surface area contributed by atoms with Crippen LogP contribution in [0.3, 0.4) is 0 Å². The molecule has 0 aromatic rings. The van der Waals surface area contributed by atoms with Crippen LogP contribution in [-0.4, -0.2) is 21.4 Å². The van der Waals surface area contributed by atoms with E-state index < -0.39 is 9.28 Å². The van der Waals surface area contributed by atoms with Gasteiger partial charge in [-0.3, -0.25) is 4.79 Å². The Bertz CT molecular complexity index is 114. The molecule has 0 bridgehead atoms. The summed E-state index contributed by atoms with van der Waals surface area (Å²) in [5.74, 6) is -0.250. The molecule has 0 aliphatic heterocycles. The zero-order chi connectivity index (χ0) is 8.15. The molecule has 60 valence electrons. The van der Waals surface area contributed by atoms with E-state index in [1.54, 1.807) is 0 Å². The van der Waals surface area contributed by atoms with Crippen LogP contribution in [0.1, 0.15) is 20.8 Å². The van der Waals surface area contributed by atoms with E-state index in [2.05, 4.69) is 0 Å². The molecule has 0 N–H and O–H groups in total.